The zero-order chi connectivity index (χ0) is 16.4. The lowest BCUT2D eigenvalue weighted by Gasteiger charge is -2.28. The van der Waals surface area contributed by atoms with Crippen LogP contribution in [-0.2, 0) is 11.8 Å². The fourth-order valence-corrected chi connectivity index (χ4v) is 4.54. The van der Waals surface area contributed by atoms with Gasteiger partial charge < -0.3 is 5.32 Å². The smallest absolute Gasteiger partial charge is 0.321 e. The van der Waals surface area contributed by atoms with E-state index in [1.165, 1.54) is 42.1 Å². The number of hydrogen-bond donors (Lipinski definition) is 2. The minimum absolute atomic E-state index is 0.101. The maximum atomic E-state index is 12.0. The molecule has 3 rings (SSSR count). The Morgan fingerprint density at radius 3 is 2.83 bits per heavy atom. The molecule has 2 fully saturated rings. The molecule has 3 amide bonds. The maximum Gasteiger partial charge on any atom is 0.321 e. The molecule has 2 saturated carbocycles. The van der Waals surface area contributed by atoms with Crippen LogP contribution in [0.1, 0.15) is 32.6 Å². The lowest BCUT2D eigenvalue weighted by molar-refractivity contribution is -0.117. The van der Waals surface area contributed by atoms with Crippen LogP contribution in [0.3, 0.4) is 0 Å². The summed E-state index contributed by atoms with van der Waals surface area (Å²) in [6.07, 6.45) is 5.13. The predicted octanol–water partition coefficient (Wildman–Crippen LogP) is 0.953. The normalized spacial score (nSPS) is 27.0. The number of urea groups is 1. The lowest BCUT2D eigenvalue weighted by Crippen LogP contribution is -2.47. The number of imide groups is 1. The largest absolute Gasteiger partial charge is 0.335 e. The molecule has 1 aromatic rings. The molecule has 23 heavy (non-hydrogen) atoms. The number of nitrogens with zero attached hydrogens (tertiary/aromatic N) is 4. The van der Waals surface area contributed by atoms with E-state index in [9.17, 15) is 9.59 Å². The second kappa shape index (κ2) is 6.86. The van der Waals surface area contributed by atoms with Crippen molar-refractivity contribution >= 4 is 23.7 Å². The van der Waals surface area contributed by atoms with Crippen LogP contribution >= 0.6 is 11.8 Å². The van der Waals surface area contributed by atoms with Crippen molar-refractivity contribution in [3.8, 4) is 0 Å². The zero-order valence-corrected chi connectivity index (χ0v) is 14.2. The molecule has 0 saturated heterocycles. The Balaban J connectivity index is 1.40. The highest BCUT2D eigenvalue weighted by Crippen LogP contribution is 2.49. The summed E-state index contributed by atoms with van der Waals surface area (Å²) in [5.74, 6) is 1.88. The second-order valence-corrected chi connectivity index (χ2v) is 7.47. The summed E-state index contributed by atoms with van der Waals surface area (Å²) in [6, 6.07) is -0.310. The van der Waals surface area contributed by atoms with Crippen molar-refractivity contribution in [2.24, 2.45) is 24.8 Å². The van der Waals surface area contributed by atoms with E-state index in [-0.39, 0.29) is 17.7 Å². The van der Waals surface area contributed by atoms with E-state index >= 15 is 0 Å². The zero-order valence-electron chi connectivity index (χ0n) is 13.4. The van der Waals surface area contributed by atoms with Gasteiger partial charge in [0.25, 0.3) is 0 Å². The molecule has 2 bridgehead atoms. The minimum Gasteiger partial charge on any atom is -0.335 e. The Morgan fingerprint density at radius 1 is 1.39 bits per heavy atom. The first-order valence-corrected chi connectivity index (χ1v) is 8.97. The summed E-state index contributed by atoms with van der Waals surface area (Å²) in [7, 11) is 1.70. The number of tetrazole rings is 1. The third kappa shape index (κ3) is 3.82. The SMILES string of the molecule is C[C@H](NC(=O)NC(=O)CSc1nnnn1C)[C@@H]1C[C@H]2CC[C@H]1C2. The van der Waals surface area contributed by atoms with Gasteiger partial charge in [-0.25, -0.2) is 9.48 Å². The molecule has 8 nitrogen and oxygen atoms in total. The van der Waals surface area contributed by atoms with Gasteiger partial charge >= 0.3 is 6.03 Å². The van der Waals surface area contributed by atoms with Gasteiger partial charge in [-0.1, -0.05) is 18.2 Å². The topological polar surface area (TPSA) is 102 Å². The first-order valence-electron chi connectivity index (χ1n) is 7.98. The van der Waals surface area contributed by atoms with Crippen LogP contribution < -0.4 is 10.6 Å². The molecule has 126 valence electrons. The predicted molar refractivity (Wildman–Crippen MR) is 84.6 cm³/mol. The second-order valence-electron chi connectivity index (χ2n) is 6.52. The molecule has 2 aliphatic rings. The van der Waals surface area contributed by atoms with Gasteiger partial charge in [0.1, 0.15) is 0 Å². The van der Waals surface area contributed by atoms with Gasteiger partial charge in [0.2, 0.25) is 11.1 Å². The highest BCUT2D eigenvalue weighted by Gasteiger charge is 2.42. The molecule has 0 spiro atoms. The average molecular weight is 338 g/mol. The molecule has 0 aromatic carbocycles. The van der Waals surface area contributed by atoms with Gasteiger partial charge in [-0.05, 0) is 54.4 Å². The summed E-state index contributed by atoms with van der Waals surface area (Å²) in [6.45, 7) is 2.04. The van der Waals surface area contributed by atoms with E-state index in [2.05, 4.69) is 26.2 Å². The first-order chi connectivity index (χ1) is 11.0. The summed E-state index contributed by atoms with van der Waals surface area (Å²) in [4.78, 5) is 23.8. The average Bonchev–Trinajstić information content (AvgIpc) is 3.21. The van der Waals surface area contributed by atoms with Gasteiger partial charge in [-0.3, -0.25) is 10.1 Å². The van der Waals surface area contributed by atoms with Gasteiger partial charge in [-0.2, -0.15) is 0 Å². The molecule has 0 aliphatic heterocycles. The van der Waals surface area contributed by atoms with E-state index in [1.54, 1.807) is 7.05 Å². The summed E-state index contributed by atoms with van der Waals surface area (Å²) in [5.41, 5.74) is 0. The van der Waals surface area contributed by atoms with Gasteiger partial charge in [0.05, 0.1) is 5.75 Å². The van der Waals surface area contributed by atoms with Crippen molar-refractivity contribution in [2.45, 2.75) is 43.8 Å². The van der Waals surface area contributed by atoms with E-state index < -0.39 is 6.03 Å². The van der Waals surface area contributed by atoms with Crippen molar-refractivity contribution in [1.82, 2.24) is 30.8 Å². The third-order valence-electron chi connectivity index (χ3n) is 4.96. The van der Waals surface area contributed by atoms with Gasteiger partial charge in [0, 0.05) is 13.1 Å². The van der Waals surface area contributed by atoms with Crippen molar-refractivity contribution in [3.63, 3.8) is 0 Å². The number of carbonyl (C=O) groups excluding carboxylic acids is 2. The number of aryl methyl sites for hydroxylation is 1. The Kier molecular flexibility index (Phi) is 4.84. The van der Waals surface area contributed by atoms with Crippen LogP contribution in [0, 0.1) is 17.8 Å². The number of nitrogens with one attached hydrogen (secondary N) is 2. The number of aromatic nitrogens is 4. The highest BCUT2D eigenvalue weighted by molar-refractivity contribution is 7.99. The molecule has 1 aromatic heterocycles. The molecule has 0 radical (unpaired) electrons. The quantitative estimate of drug-likeness (QED) is 0.775. The highest BCUT2D eigenvalue weighted by atomic mass is 32.2. The van der Waals surface area contributed by atoms with Crippen LogP contribution in [0.5, 0.6) is 0 Å². The number of hydrogen-bond acceptors (Lipinski definition) is 6. The Bertz CT molecular complexity index is 592. The molecule has 4 atom stereocenters. The van der Waals surface area contributed by atoms with Crippen LogP contribution in [0.25, 0.3) is 0 Å². The van der Waals surface area contributed by atoms with Crippen LogP contribution in [0.15, 0.2) is 5.16 Å². The van der Waals surface area contributed by atoms with Crippen molar-refractivity contribution in [1.29, 1.82) is 0 Å². The fourth-order valence-electron chi connectivity index (χ4n) is 3.89. The molecular weight excluding hydrogens is 316 g/mol. The van der Waals surface area contributed by atoms with E-state index in [1.807, 2.05) is 6.92 Å². The number of amides is 3. The summed E-state index contributed by atoms with van der Waals surface area (Å²) in [5, 5.41) is 16.8. The number of carbonyl (C=O) groups is 2. The number of thioether (sulfide) groups is 1. The Labute approximate surface area is 139 Å². The number of fused-ring (bicyclic) bond motifs is 2. The van der Waals surface area contributed by atoms with E-state index in [0.29, 0.717) is 11.1 Å². The fraction of sp³-hybridized carbons (Fsp3) is 0.786. The van der Waals surface area contributed by atoms with Crippen LogP contribution in [0.4, 0.5) is 4.79 Å². The summed E-state index contributed by atoms with van der Waals surface area (Å²) < 4.78 is 1.48. The van der Waals surface area contributed by atoms with Gasteiger partial charge in [0.15, 0.2) is 0 Å². The number of rotatable bonds is 5. The third-order valence-corrected chi connectivity index (χ3v) is 5.97. The Morgan fingerprint density at radius 2 is 2.22 bits per heavy atom. The Hall–Kier alpha value is -1.64. The van der Waals surface area contributed by atoms with E-state index in [4.69, 9.17) is 0 Å². The van der Waals surface area contributed by atoms with Crippen molar-refractivity contribution < 1.29 is 9.59 Å². The summed E-state index contributed by atoms with van der Waals surface area (Å²) >= 11 is 1.19. The minimum atomic E-state index is -0.415. The van der Waals surface area contributed by atoms with Crippen molar-refractivity contribution in [2.75, 3.05) is 5.75 Å². The first kappa shape index (κ1) is 16.2. The molecular formula is C14H22N6O2S. The molecule has 9 heteroatoms. The van der Waals surface area contributed by atoms with Gasteiger partial charge in [-0.15, -0.1) is 5.10 Å². The monoisotopic (exact) mass is 338 g/mol. The van der Waals surface area contributed by atoms with Crippen LogP contribution in [0.2, 0.25) is 0 Å². The van der Waals surface area contributed by atoms with Crippen LogP contribution in [-0.4, -0.2) is 43.9 Å². The van der Waals surface area contributed by atoms with Crippen molar-refractivity contribution in [3.05, 3.63) is 0 Å². The molecule has 0 unspecified atom stereocenters. The standard InChI is InChI=1S/C14H22N6O2S/c1-8(11-6-9-3-4-10(11)5-9)15-13(22)16-12(21)7-23-14-17-18-19-20(14)2/h8-11H,3-7H2,1-2H3,(H2,15,16,21,22)/t8-,9-,10-,11-/m0/s1. The lowest BCUT2D eigenvalue weighted by atomic mass is 9.84. The maximum absolute atomic E-state index is 12.0. The molecule has 2 aliphatic carbocycles. The van der Waals surface area contributed by atoms with E-state index in [0.717, 1.165) is 11.8 Å². The molecule has 2 N–H and O–H groups in total. The molecule has 1 heterocycles.